The second kappa shape index (κ2) is 8.55. The molecule has 1 N–H and O–H groups in total. The van der Waals surface area contributed by atoms with Crippen LogP contribution in [-0.2, 0) is 11.0 Å². The predicted octanol–water partition coefficient (Wildman–Crippen LogP) is 5.11. The van der Waals surface area contributed by atoms with Crippen molar-refractivity contribution in [3.8, 4) is 11.5 Å². The second-order valence-electron chi connectivity index (χ2n) is 5.05. The van der Waals surface area contributed by atoms with Gasteiger partial charge in [-0.25, -0.2) is 0 Å². The Kier molecular flexibility index (Phi) is 6.66. The Morgan fingerprint density at radius 3 is 2.42 bits per heavy atom. The molecule has 0 radical (unpaired) electrons. The van der Waals surface area contributed by atoms with Crippen LogP contribution in [0.5, 0.6) is 11.5 Å². The van der Waals surface area contributed by atoms with E-state index in [1.165, 1.54) is 32.0 Å². The topological polar surface area (TPSA) is 47.6 Å². The summed E-state index contributed by atoms with van der Waals surface area (Å²) in [5, 5.41) is 2.01. The summed E-state index contributed by atoms with van der Waals surface area (Å²) in [5.41, 5.74) is -0.968. The van der Waals surface area contributed by atoms with E-state index in [9.17, 15) is 18.0 Å². The van der Waals surface area contributed by atoms with E-state index in [2.05, 4.69) is 5.32 Å². The molecule has 2 aromatic carbocycles. The minimum absolute atomic E-state index is 0.0134. The zero-order valence-electron chi connectivity index (χ0n) is 13.8. The Bertz CT molecular complexity index is 799. The third-order valence-electron chi connectivity index (χ3n) is 3.28. The molecule has 0 unspecified atom stereocenters. The fourth-order valence-electron chi connectivity index (χ4n) is 2.07. The highest BCUT2D eigenvalue weighted by molar-refractivity contribution is 8.00. The highest BCUT2D eigenvalue weighted by Gasteiger charge is 2.33. The lowest BCUT2D eigenvalue weighted by Gasteiger charge is -2.12. The normalized spacial score (nSPS) is 11.2. The molecule has 0 aliphatic rings. The minimum Gasteiger partial charge on any atom is -0.493 e. The van der Waals surface area contributed by atoms with Gasteiger partial charge >= 0.3 is 6.18 Å². The monoisotopic (exact) mass is 405 g/mol. The standard InChI is InChI=1S/C17H15ClF3NO3S/c1-24-14-6-4-11(8-15(14)25-2)26-9-16(23)22-10-3-5-13(18)12(7-10)17(19,20)21/h3-8H,9H2,1-2H3,(H,22,23). The number of hydrogen-bond acceptors (Lipinski definition) is 4. The Hall–Kier alpha value is -2.06. The predicted molar refractivity (Wildman–Crippen MR) is 95.4 cm³/mol. The number of alkyl halides is 3. The third-order valence-corrected chi connectivity index (χ3v) is 4.60. The summed E-state index contributed by atoms with van der Waals surface area (Å²) in [6.07, 6.45) is -4.59. The summed E-state index contributed by atoms with van der Waals surface area (Å²) in [6, 6.07) is 8.39. The SMILES string of the molecule is COc1ccc(SCC(=O)Nc2ccc(Cl)c(C(F)(F)F)c2)cc1OC. The summed E-state index contributed by atoms with van der Waals surface area (Å²) in [6.45, 7) is 0. The molecule has 140 valence electrons. The Balaban J connectivity index is 2.01. The van der Waals surface area contributed by atoms with Crippen LogP contribution in [0.1, 0.15) is 5.56 Å². The largest absolute Gasteiger partial charge is 0.493 e. The molecule has 0 spiro atoms. The number of methoxy groups -OCH3 is 2. The number of benzene rings is 2. The molecule has 0 aliphatic heterocycles. The first kappa shape index (κ1) is 20.3. The Labute approximate surface area is 157 Å². The molecule has 9 heteroatoms. The van der Waals surface area contributed by atoms with Crippen LogP contribution in [-0.4, -0.2) is 25.9 Å². The molecular weight excluding hydrogens is 391 g/mol. The maximum atomic E-state index is 12.8. The maximum absolute atomic E-state index is 12.8. The highest BCUT2D eigenvalue weighted by Crippen LogP contribution is 2.36. The molecule has 1 amide bonds. The van der Waals surface area contributed by atoms with Gasteiger partial charge < -0.3 is 14.8 Å². The van der Waals surface area contributed by atoms with Crippen molar-refractivity contribution in [2.45, 2.75) is 11.1 Å². The maximum Gasteiger partial charge on any atom is 0.417 e. The van der Waals surface area contributed by atoms with Crippen LogP contribution in [0.15, 0.2) is 41.3 Å². The summed E-state index contributed by atoms with van der Waals surface area (Å²) in [5.74, 6) is 0.646. The Morgan fingerprint density at radius 1 is 1.12 bits per heavy atom. The van der Waals surface area contributed by atoms with Gasteiger partial charge in [0.25, 0.3) is 0 Å². The average Bonchev–Trinajstić information content (AvgIpc) is 2.60. The zero-order valence-corrected chi connectivity index (χ0v) is 15.4. The molecule has 2 rings (SSSR count). The van der Waals surface area contributed by atoms with Crippen LogP contribution >= 0.6 is 23.4 Å². The quantitative estimate of drug-likeness (QED) is 0.679. The molecule has 0 heterocycles. The molecule has 0 aromatic heterocycles. The molecule has 4 nitrogen and oxygen atoms in total. The molecule has 0 aliphatic carbocycles. The van der Waals surface area contributed by atoms with Crippen molar-refractivity contribution in [1.29, 1.82) is 0 Å². The second-order valence-corrected chi connectivity index (χ2v) is 6.50. The van der Waals surface area contributed by atoms with Crippen LogP contribution in [0.2, 0.25) is 5.02 Å². The van der Waals surface area contributed by atoms with Crippen LogP contribution in [0.4, 0.5) is 18.9 Å². The average molecular weight is 406 g/mol. The van der Waals surface area contributed by atoms with Crippen molar-refractivity contribution < 1.29 is 27.4 Å². The van der Waals surface area contributed by atoms with E-state index >= 15 is 0 Å². The first-order valence-electron chi connectivity index (χ1n) is 7.26. The van der Waals surface area contributed by atoms with Gasteiger partial charge in [0, 0.05) is 10.6 Å². The van der Waals surface area contributed by atoms with Gasteiger partial charge in [-0.2, -0.15) is 13.2 Å². The first-order chi connectivity index (χ1) is 12.2. The first-order valence-corrected chi connectivity index (χ1v) is 8.62. The van der Waals surface area contributed by atoms with Crippen molar-refractivity contribution in [3.05, 3.63) is 47.0 Å². The van der Waals surface area contributed by atoms with Crippen LogP contribution in [0.3, 0.4) is 0 Å². The molecule has 26 heavy (non-hydrogen) atoms. The number of rotatable bonds is 6. The molecule has 0 fully saturated rings. The van der Waals surface area contributed by atoms with Gasteiger partial charge in [0.1, 0.15) is 0 Å². The van der Waals surface area contributed by atoms with Gasteiger partial charge in [-0.3, -0.25) is 4.79 Å². The number of thioether (sulfide) groups is 1. The van der Waals surface area contributed by atoms with Crippen molar-refractivity contribution in [1.82, 2.24) is 0 Å². The van der Waals surface area contributed by atoms with Crippen molar-refractivity contribution >= 4 is 35.0 Å². The van der Waals surface area contributed by atoms with Gasteiger partial charge in [0.15, 0.2) is 11.5 Å². The van der Waals surface area contributed by atoms with Crippen molar-refractivity contribution in [2.75, 3.05) is 25.3 Å². The van der Waals surface area contributed by atoms with E-state index in [1.54, 1.807) is 18.2 Å². The van der Waals surface area contributed by atoms with Crippen LogP contribution < -0.4 is 14.8 Å². The van der Waals surface area contributed by atoms with Gasteiger partial charge in [0.05, 0.1) is 30.6 Å². The van der Waals surface area contributed by atoms with E-state index in [0.29, 0.717) is 11.5 Å². The summed E-state index contributed by atoms with van der Waals surface area (Å²) < 4.78 is 48.8. The number of nitrogens with one attached hydrogen (secondary N) is 1. The number of carbonyl (C=O) groups is 1. The number of ether oxygens (including phenoxy) is 2. The number of amides is 1. The smallest absolute Gasteiger partial charge is 0.417 e. The Morgan fingerprint density at radius 2 is 1.81 bits per heavy atom. The molecular formula is C17H15ClF3NO3S. The summed E-state index contributed by atoms with van der Waals surface area (Å²) in [4.78, 5) is 12.8. The molecule has 0 atom stereocenters. The number of halogens is 4. The highest BCUT2D eigenvalue weighted by atomic mass is 35.5. The molecule has 0 saturated heterocycles. The van der Waals surface area contributed by atoms with Crippen LogP contribution in [0, 0.1) is 0 Å². The summed E-state index contributed by atoms with van der Waals surface area (Å²) >= 11 is 6.77. The van der Waals surface area contributed by atoms with Gasteiger partial charge in [-0.15, -0.1) is 11.8 Å². The molecule has 0 saturated carbocycles. The lowest BCUT2D eigenvalue weighted by Crippen LogP contribution is -2.15. The fourth-order valence-corrected chi connectivity index (χ4v) is 3.02. The fraction of sp³-hybridized carbons (Fsp3) is 0.235. The van der Waals surface area contributed by atoms with E-state index in [4.69, 9.17) is 21.1 Å². The lowest BCUT2D eigenvalue weighted by molar-refractivity contribution is -0.137. The van der Waals surface area contributed by atoms with Crippen LogP contribution in [0.25, 0.3) is 0 Å². The molecule has 0 bridgehead atoms. The van der Waals surface area contributed by atoms with E-state index in [1.807, 2.05) is 0 Å². The number of anilines is 1. The molecule has 2 aromatic rings. The van der Waals surface area contributed by atoms with Crippen molar-refractivity contribution in [2.24, 2.45) is 0 Å². The third kappa shape index (κ3) is 5.22. The number of hydrogen-bond donors (Lipinski definition) is 1. The zero-order chi connectivity index (χ0) is 19.3. The number of carbonyl (C=O) groups excluding carboxylic acids is 1. The summed E-state index contributed by atoms with van der Waals surface area (Å²) in [7, 11) is 3.01. The van der Waals surface area contributed by atoms with Gasteiger partial charge in [-0.05, 0) is 36.4 Å². The van der Waals surface area contributed by atoms with Gasteiger partial charge in [-0.1, -0.05) is 11.6 Å². The van der Waals surface area contributed by atoms with E-state index in [0.717, 1.165) is 17.0 Å². The van der Waals surface area contributed by atoms with E-state index < -0.39 is 22.7 Å². The van der Waals surface area contributed by atoms with Gasteiger partial charge in [0.2, 0.25) is 5.91 Å². The van der Waals surface area contributed by atoms with Crippen molar-refractivity contribution in [3.63, 3.8) is 0 Å². The minimum atomic E-state index is -4.59. The van der Waals surface area contributed by atoms with E-state index in [-0.39, 0.29) is 11.4 Å². The lowest BCUT2D eigenvalue weighted by atomic mass is 10.2.